The molecule has 3 unspecified atom stereocenters. The summed E-state index contributed by atoms with van der Waals surface area (Å²) in [5, 5.41) is 0. The molecule has 3 atom stereocenters. The highest BCUT2D eigenvalue weighted by Crippen LogP contribution is 2.39. The van der Waals surface area contributed by atoms with Gasteiger partial charge in [-0.25, -0.2) is 0 Å². The van der Waals surface area contributed by atoms with Gasteiger partial charge in [0.25, 0.3) is 0 Å². The standard InChI is InChI=1S/C14H26N2O2S/c1-14(6-3-4-12(14)15)13(17)16(7-8-18-2)11-5-9-19-10-11/h11-12H,3-10,15H2,1-2H3. The van der Waals surface area contributed by atoms with Crippen LogP contribution in [-0.2, 0) is 9.53 Å². The average Bonchev–Trinajstić information content (AvgIpc) is 3.02. The van der Waals surface area contributed by atoms with Gasteiger partial charge in [-0.2, -0.15) is 11.8 Å². The van der Waals surface area contributed by atoms with Crippen molar-refractivity contribution in [1.82, 2.24) is 4.90 Å². The van der Waals surface area contributed by atoms with Crippen molar-refractivity contribution in [3.8, 4) is 0 Å². The Balaban J connectivity index is 2.10. The van der Waals surface area contributed by atoms with Crippen molar-refractivity contribution in [2.24, 2.45) is 11.1 Å². The fraction of sp³-hybridized carbons (Fsp3) is 0.929. The number of carbonyl (C=O) groups is 1. The zero-order chi connectivity index (χ0) is 13.9. The average molecular weight is 286 g/mol. The molecule has 0 aromatic rings. The van der Waals surface area contributed by atoms with Crippen LogP contribution in [0.1, 0.15) is 32.6 Å². The number of carbonyl (C=O) groups excluding carboxylic acids is 1. The lowest BCUT2D eigenvalue weighted by Crippen LogP contribution is -2.53. The molecule has 2 N–H and O–H groups in total. The SMILES string of the molecule is COCCN(C(=O)C1(C)CCCC1N)C1CCSC1. The third kappa shape index (κ3) is 3.09. The number of amides is 1. The zero-order valence-electron chi connectivity index (χ0n) is 12.1. The van der Waals surface area contributed by atoms with E-state index in [9.17, 15) is 4.79 Å². The first kappa shape index (κ1) is 15.1. The Morgan fingerprint density at radius 1 is 1.53 bits per heavy atom. The summed E-state index contributed by atoms with van der Waals surface area (Å²) < 4.78 is 5.17. The number of ether oxygens (including phenoxy) is 1. The third-order valence-electron chi connectivity index (χ3n) is 4.66. The van der Waals surface area contributed by atoms with Crippen molar-refractivity contribution in [2.75, 3.05) is 31.8 Å². The highest BCUT2D eigenvalue weighted by atomic mass is 32.2. The topological polar surface area (TPSA) is 55.6 Å². The lowest BCUT2D eigenvalue weighted by atomic mass is 9.83. The number of hydrogen-bond acceptors (Lipinski definition) is 4. The van der Waals surface area contributed by atoms with Gasteiger partial charge >= 0.3 is 0 Å². The van der Waals surface area contributed by atoms with E-state index >= 15 is 0 Å². The van der Waals surface area contributed by atoms with E-state index < -0.39 is 0 Å². The molecule has 1 heterocycles. The Morgan fingerprint density at radius 2 is 2.32 bits per heavy atom. The van der Waals surface area contributed by atoms with Crippen molar-refractivity contribution in [1.29, 1.82) is 0 Å². The Labute approximate surface area is 120 Å². The minimum absolute atomic E-state index is 0.0131. The van der Waals surface area contributed by atoms with Gasteiger partial charge in [-0.05, 0) is 31.9 Å². The van der Waals surface area contributed by atoms with Gasteiger partial charge < -0.3 is 15.4 Å². The fourth-order valence-electron chi connectivity index (χ4n) is 3.19. The molecular formula is C14H26N2O2S. The van der Waals surface area contributed by atoms with Crippen molar-refractivity contribution in [3.63, 3.8) is 0 Å². The van der Waals surface area contributed by atoms with E-state index in [1.54, 1.807) is 7.11 Å². The third-order valence-corrected chi connectivity index (χ3v) is 5.81. The van der Waals surface area contributed by atoms with E-state index in [0.29, 0.717) is 19.2 Å². The van der Waals surface area contributed by atoms with Crippen molar-refractivity contribution < 1.29 is 9.53 Å². The first-order valence-corrected chi connectivity index (χ1v) is 8.38. The minimum atomic E-state index is -0.360. The van der Waals surface area contributed by atoms with E-state index in [4.69, 9.17) is 10.5 Å². The van der Waals surface area contributed by atoms with Crippen LogP contribution < -0.4 is 5.73 Å². The highest BCUT2D eigenvalue weighted by molar-refractivity contribution is 7.99. The molecule has 5 heteroatoms. The largest absolute Gasteiger partial charge is 0.383 e. The summed E-state index contributed by atoms with van der Waals surface area (Å²) in [6.07, 6.45) is 4.07. The Kier molecular flexibility index (Phi) is 5.15. The van der Waals surface area contributed by atoms with Crippen LogP contribution in [0.2, 0.25) is 0 Å². The normalized spacial score (nSPS) is 34.7. The van der Waals surface area contributed by atoms with Gasteiger partial charge in [-0.15, -0.1) is 0 Å². The molecule has 0 spiro atoms. The van der Waals surface area contributed by atoms with Crippen LogP contribution >= 0.6 is 11.8 Å². The van der Waals surface area contributed by atoms with Crippen LogP contribution in [0.15, 0.2) is 0 Å². The molecule has 0 aromatic heterocycles. The van der Waals surface area contributed by atoms with Crippen molar-refractivity contribution in [2.45, 2.75) is 44.7 Å². The van der Waals surface area contributed by atoms with E-state index in [1.807, 2.05) is 11.8 Å². The molecule has 1 saturated heterocycles. The lowest BCUT2D eigenvalue weighted by molar-refractivity contribution is -0.144. The molecule has 1 saturated carbocycles. The number of hydrogen-bond donors (Lipinski definition) is 1. The predicted octanol–water partition coefficient (Wildman–Crippen LogP) is 1.48. The van der Waals surface area contributed by atoms with Gasteiger partial charge in [0.1, 0.15) is 0 Å². The summed E-state index contributed by atoms with van der Waals surface area (Å²) in [4.78, 5) is 15.0. The first-order valence-electron chi connectivity index (χ1n) is 7.23. The van der Waals surface area contributed by atoms with E-state index in [0.717, 1.165) is 37.2 Å². The van der Waals surface area contributed by atoms with Gasteiger partial charge in [-0.1, -0.05) is 6.42 Å². The van der Waals surface area contributed by atoms with Gasteiger partial charge in [0.15, 0.2) is 0 Å². The van der Waals surface area contributed by atoms with Crippen LogP contribution in [0.3, 0.4) is 0 Å². The number of nitrogens with two attached hydrogens (primary N) is 1. The summed E-state index contributed by atoms with van der Waals surface area (Å²) >= 11 is 1.94. The Morgan fingerprint density at radius 3 is 2.84 bits per heavy atom. The molecule has 0 aromatic carbocycles. The van der Waals surface area contributed by atoms with E-state index in [-0.39, 0.29) is 17.4 Å². The van der Waals surface area contributed by atoms with Gasteiger partial charge in [0.2, 0.25) is 5.91 Å². The second-order valence-corrected chi connectivity index (χ2v) is 7.07. The summed E-state index contributed by atoms with van der Waals surface area (Å²) in [6, 6.07) is 0.386. The Bertz CT molecular complexity index is 321. The summed E-state index contributed by atoms with van der Waals surface area (Å²) in [7, 11) is 1.69. The summed E-state index contributed by atoms with van der Waals surface area (Å²) in [5.41, 5.74) is 5.84. The number of rotatable bonds is 5. The van der Waals surface area contributed by atoms with Gasteiger partial charge in [-0.3, -0.25) is 4.79 Å². The van der Waals surface area contributed by atoms with Crippen LogP contribution in [-0.4, -0.2) is 54.7 Å². The van der Waals surface area contributed by atoms with Crippen molar-refractivity contribution in [3.05, 3.63) is 0 Å². The quantitative estimate of drug-likeness (QED) is 0.832. The van der Waals surface area contributed by atoms with Crippen LogP contribution in [0.25, 0.3) is 0 Å². The summed E-state index contributed by atoms with van der Waals surface area (Å²) in [6.45, 7) is 3.36. The molecule has 2 fully saturated rings. The van der Waals surface area contributed by atoms with E-state index in [1.165, 1.54) is 0 Å². The van der Waals surface area contributed by atoms with Crippen LogP contribution in [0.5, 0.6) is 0 Å². The molecule has 1 amide bonds. The van der Waals surface area contributed by atoms with Crippen molar-refractivity contribution >= 4 is 17.7 Å². The van der Waals surface area contributed by atoms with Crippen LogP contribution in [0, 0.1) is 5.41 Å². The molecule has 2 aliphatic rings. The number of nitrogens with zero attached hydrogens (tertiary/aromatic N) is 1. The van der Waals surface area contributed by atoms with Crippen LogP contribution in [0.4, 0.5) is 0 Å². The molecule has 1 aliphatic heterocycles. The smallest absolute Gasteiger partial charge is 0.230 e. The lowest BCUT2D eigenvalue weighted by Gasteiger charge is -2.37. The number of thioether (sulfide) groups is 1. The Hall–Kier alpha value is -0.260. The molecule has 0 bridgehead atoms. The second-order valence-electron chi connectivity index (χ2n) is 5.92. The number of methoxy groups -OCH3 is 1. The highest BCUT2D eigenvalue weighted by Gasteiger charge is 2.46. The molecular weight excluding hydrogens is 260 g/mol. The molecule has 110 valence electrons. The molecule has 4 nitrogen and oxygen atoms in total. The minimum Gasteiger partial charge on any atom is -0.383 e. The second kappa shape index (κ2) is 6.46. The predicted molar refractivity (Wildman–Crippen MR) is 79.3 cm³/mol. The van der Waals surface area contributed by atoms with Gasteiger partial charge in [0.05, 0.1) is 12.0 Å². The van der Waals surface area contributed by atoms with Gasteiger partial charge in [0, 0.05) is 31.5 Å². The molecule has 1 aliphatic carbocycles. The zero-order valence-corrected chi connectivity index (χ0v) is 12.9. The molecule has 2 rings (SSSR count). The monoisotopic (exact) mass is 286 g/mol. The maximum Gasteiger partial charge on any atom is 0.230 e. The summed E-state index contributed by atoms with van der Waals surface area (Å²) in [5.74, 6) is 2.47. The molecule has 19 heavy (non-hydrogen) atoms. The fourth-order valence-corrected chi connectivity index (χ4v) is 4.42. The molecule has 0 radical (unpaired) electrons. The van der Waals surface area contributed by atoms with E-state index in [2.05, 4.69) is 11.8 Å². The maximum atomic E-state index is 13.0. The first-order chi connectivity index (χ1) is 9.09. The maximum absolute atomic E-state index is 13.0.